The van der Waals surface area contributed by atoms with E-state index in [0.717, 1.165) is 12.3 Å². The molecule has 3 heterocycles. The standard InChI is InChI=1S/C16H21ClF3N3O3S/c17-14-9-11(16(18,19)20)10-21-15(14)22-12-1-5-23(6-2-12)27(24,25)13-3-7-26-8-4-13/h9-10,12-13H,1-8H2,(H,21,22). The fourth-order valence-corrected chi connectivity index (χ4v) is 5.48. The van der Waals surface area contributed by atoms with Gasteiger partial charge in [0.15, 0.2) is 0 Å². The first-order valence-corrected chi connectivity index (χ1v) is 10.6. The van der Waals surface area contributed by atoms with Crippen LogP contribution in [-0.2, 0) is 20.9 Å². The van der Waals surface area contributed by atoms with Crippen LogP contribution >= 0.6 is 11.6 Å². The maximum Gasteiger partial charge on any atom is 0.417 e. The second kappa shape index (κ2) is 8.10. The number of pyridine rings is 1. The number of halogens is 4. The average molecular weight is 428 g/mol. The molecule has 0 radical (unpaired) electrons. The molecule has 0 amide bonds. The van der Waals surface area contributed by atoms with E-state index in [1.807, 2.05) is 0 Å². The minimum absolute atomic E-state index is 0.104. The van der Waals surface area contributed by atoms with E-state index in [0.29, 0.717) is 52.0 Å². The van der Waals surface area contributed by atoms with Gasteiger partial charge in [-0.2, -0.15) is 13.2 Å². The zero-order valence-corrected chi connectivity index (χ0v) is 16.1. The molecule has 0 aromatic carbocycles. The lowest BCUT2D eigenvalue weighted by Gasteiger charge is -2.35. The Kier molecular flexibility index (Phi) is 6.19. The molecule has 1 aromatic heterocycles. The third kappa shape index (κ3) is 4.85. The fourth-order valence-electron chi connectivity index (χ4n) is 3.33. The summed E-state index contributed by atoms with van der Waals surface area (Å²) in [7, 11) is -3.35. The second-order valence-corrected chi connectivity index (χ2v) is 9.35. The molecule has 11 heteroatoms. The number of aromatic nitrogens is 1. The molecular weight excluding hydrogens is 407 g/mol. The van der Waals surface area contributed by atoms with Crippen LogP contribution in [0.25, 0.3) is 0 Å². The van der Waals surface area contributed by atoms with Crippen molar-refractivity contribution < 1.29 is 26.3 Å². The molecule has 0 saturated carbocycles. The number of ether oxygens (including phenoxy) is 1. The fraction of sp³-hybridized carbons (Fsp3) is 0.688. The topological polar surface area (TPSA) is 71.5 Å². The van der Waals surface area contributed by atoms with Gasteiger partial charge in [0.2, 0.25) is 10.0 Å². The minimum atomic E-state index is -4.50. The lowest BCUT2D eigenvalue weighted by Crippen LogP contribution is -2.47. The van der Waals surface area contributed by atoms with Crippen LogP contribution in [0.2, 0.25) is 5.02 Å². The molecule has 1 N–H and O–H groups in total. The minimum Gasteiger partial charge on any atom is -0.381 e. The molecule has 27 heavy (non-hydrogen) atoms. The molecule has 0 spiro atoms. The average Bonchev–Trinajstić information content (AvgIpc) is 2.64. The molecule has 0 aliphatic carbocycles. The highest BCUT2D eigenvalue weighted by Crippen LogP contribution is 2.33. The van der Waals surface area contributed by atoms with Gasteiger partial charge in [-0.05, 0) is 31.7 Å². The quantitative estimate of drug-likeness (QED) is 0.799. The van der Waals surface area contributed by atoms with Gasteiger partial charge in [-0.15, -0.1) is 0 Å². The van der Waals surface area contributed by atoms with Gasteiger partial charge in [-0.3, -0.25) is 0 Å². The third-order valence-corrected chi connectivity index (χ3v) is 7.60. The van der Waals surface area contributed by atoms with Gasteiger partial charge in [0, 0.05) is 38.5 Å². The van der Waals surface area contributed by atoms with Crippen LogP contribution in [0.15, 0.2) is 12.3 Å². The van der Waals surface area contributed by atoms with E-state index in [2.05, 4.69) is 10.3 Å². The van der Waals surface area contributed by atoms with E-state index in [-0.39, 0.29) is 16.9 Å². The Morgan fingerprint density at radius 2 is 1.81 bits per heavy atom. The van der Waals surface area contributed by atoms with Crippen molar-refractivity contribution in [3.8, 4) is 0 Å². The molecular formula is C16H21ClF3N3O3S. The Bertz CT molecular complexity index is 762. The maximum absolute atomic E-state index is 12.7. The SMILES string of the molecule is O=S(=O)(C1CCOCC1)N1CCC(Nc2ncc(C(F)(F)F)cc2Cl)CC1. The molecule has 2 fully saturated rings. The van der Waals surface area contributed by atoms with Crippen molar-refractivity contribution in [1.29, 1.82) is 0 Å². The number of anilines is 1. The zero-order valence-electron chi connectivity index (χ0n) is 14.5. The molecule has 2 aliphatic rings. The molecule has 0 unspecified atom stereocenters. The molecule has 0 atom stereocenters. The van der Waals surface area contributed by atoms with Crippen LogP contribution in [0.3, 0.4) is 0 Å². The summed E-state index contributed by atoms with van der Waals surface area (Å²) in [5.41, 5.74) is -0.907. The zero-order chi connectivity index (χ0) is 19.7. The van der Waals surface area contributed by atoms with E-state index in [1.54, 1.807) is 0 Å². The Labute approximate surface area is 161 Å². The van der Waals surface area contributed by atoms with Crippen molar-refractivity contribution >= 4 is 27.4 Å². The number of hydrogen-bond donors (Lipinski definition) is 1. The van der Waals surface area contributed by atoms with Crippen molar-refractivity contribution in [2.45, 2.75) is 43.2 Å². The number of sulfonamides is 1. The Hall–Kier alpha value is -1.10. The normalized spacial score (nSPS) is 21.3. The molecule has 152 valence electrons. The summed E-state index contributed by atoms with van der Waals surface area (Å²) in [5, 5.41) is 2.52. The predicted octanol–water partition coefficient (Wildman–Crippen LogP) is 3.14. The largest absolute Gasteiger partial charge is 0.417 e. The van der Waals surface area contributed by atoms with E-state index in [1.165, 1.54) is 4.31 Å². The monoisotopic (exact) mass is 427 g/mol. The van der Waals surface area contributed by atoms with E-state index in [4.69, 9.17) is 16.3 Å². The van der Waals surface area contributed by atoms with Crippen LogP contribution in [0.5, 0.6) is 0 Å². The molecule has 0 bridgehead atoms. The van der Waals surface area contributed by atoms with Crippen LogP contribution < -0.4 is 5.32 Å². The lowest BCUT2D eigenvalue weighted by molar-refractivity contribution is -0.137. The van der Waals surface area contributed by atoms with Crippen molar-refractivity contribution in [1.82, 2.24) is 9.29 Å². The number of hydrogen-bond acceptors (Lipinski definition) is 5. The molecule has 2 aliphatic heterocycles. The lowest BCUT2D eigenvalue weighted by atomic mass is 10.1. The van der Waals surface area contributed by atoms with Crippen LogP contribution in [0.1, 0.15) is 31.2 Å². The van der Waals surface area contributed by atoms with Gasteiger partial charge in [-0.1, -0.05) is 11.6 Å². The van der Waals surface area contributed by atoms with Crippen LogP contribution in [0.4, 0.5) is 19.0 Å². The smallest absolute Gasteiger partial charge is 0.381 e. The van der Waals surface area contributed by atoms with Crippen molar-refractivity contribution in [3.05, 3.63) is 22.8 Å². The van der Waals surface area contributed by atoms with Gasteiger partial charge >= 0.3 is 6.18 Å². The van der Waals surface area contributed by atoms with Crippen LogP contribution in [-0.4, -0.2) is 55.3 Å². The Morgan fingerprint density at radius 3 is 2.37 bits per heavy atom. The summed E-state index contributed by atoms with van der Waals surface area (Å²) in [6, 6.07) is 0.731. The van der Waals surface area contributed by atoms with E-state index >= 15 is 0 Å². The van der Waals surface area contributed by atoms with Gasteiger partial charge in [0.05, 0.1) is 15.8 Å². The molecule has 3 rings (SSSR count). The highest BCUT2D eigenvalue weighted by Gasteiger charge is 2.36. The van der Waals surface area contributed by atoms with Gasteiger partial charge in [-0.25, -0.2) is 17.7 Å². The summed E-state index contributed by atoms with van der Waals surface area (Å²) in [6.07, 6.45) is -1.70. The number of piperidine rings is 1. The van der Waals surface area contributed by atoms with Crippen molar-refractivity contribution in [2.75, 3.05) is 31.6 Å². The molecule has 2 saturated heterocycles. The highest BCUT2D eigenvalue weighted by atomic mass is 35.5. The van der Waals surface area contributed by atoms with E-state index < -0.39 is 27.0 Å². The first-order chi connectivity index (χ1) is 12.7. The summed E-state index contributed by atoms with van der Waals surface area (Å²) >= 11 is 5.91. The third-order valence-electron chi connectivity index (χ3n) is 4.91. The van der Waals surface area contributed by atoms with Gasteiger partial charge in [0.1, 0.15) is 5.82 Å². The molecule has 6 nitrogen and oxygen atoms in total. The first kappa shape index (κ1) is 20.6. The summed E-state index contributed by atoms with van der Waals surface area (Å²) in [4.78, 5) is 3.77. The number of alkyl halides is 3. The van der Waals surface area contributed by atoms with Gasteiger partial charge < -0.3 is 10.1 Å². The van der Waals surface area contributed by atoms with Crippen molar-refractivity contribution in [2.24, 2.45) is 0 Å². The Balaban J connectivity index is 1.58. The van der Waals surface area contributed by atoms with Gasteiger partial charge in [0.25, 0.3) is 0 Å². The van der Waals surface area contributed by atoms with E-state index in [9.17, 15) is 21.6 Å². The number of nitrogens with zero attached hydrogens (tertiary/aromatic N) is 2. The summed E-state index contributed by atoms with van der Waals surface area (Å²) in [5.74, 6) is 0.176. The van der Waals surface area contributed by atoms with Crippen LogP contribution in [0, 0.1) is 0 Å². The highest BCUT2D eigenvalue weighted by molar-refractivity contribution is 7.89. The molecule has 1 aromatic rings. The maximum atomic E-state index is 12.7. The summed E-state index contributed by atoms with van der Waals surface area (Å²) < 4.78 is 70.2. The Morgan fingerprint density at radius 1 is 1.19 bits per heavy atom. The number of rotatable bonds is 4. The summed E-state index contributed by atoms with van der Waals surface area (Å²) in [6.45, 7) is 1.63. The second-order valence-electron chi connectivity index (χ2n) is 6.73. The predicted molar refractivity (Wildman–Crippen MR) is 95.2 cm³/mol. The van der Waals surface area contributed by atoms with Crippen molar-refractivity contribution in [3.63, 3.8) is 0 Å². The number of nitrogens with one attached hydrogen (secondary N) is 1. The first-order valence-electron chi connectivity index (χ1n) is 8.74.